The third-order valence-corrected chi connectivity index (χ3v) is 5.33. The Labute approximate surface area is 154 Å². The van der Waals surface area contributed by atoms with Crippen LogP contribution in [0.2, 0.25) is 5.28 Å². The van der Waals surface area contributed by atoms with Crippen LogP contribution in [0.3, 0.4) is 0 Å². The van der Waals surface area contributed by atoms with Gasteiger partial charge in [-0.05, 0) is 38.7 Å². The summed E-state index contributed by atoms with van der Waals surface area (Å²) >= 11 is -0.0880. The van der Waals surface area contributed by atoms with Gasteiger partial charge in [0.05, 0.1) is 6.10 Å². The molecule has 1 radical (unpaired) electrons. The fraction of sp³-hybridized carbons (Fsp3) is 0.700. The molecule has 129 valence electrons. The predicted octanol–water partition coefficient (Wildman–Crippen LogP) is 6.35. The number of rotatable bonds is 4. The maximum Gasteiger partial charge on any atom is 0.359 e. The van der Waals surface area contributed by atoms with E-state index in [9.17, 15) is 0 Å². The van der Waals surface area contributed by atoms with Crippen LogP contribution in [0.5, 0.6) is 5.75 Å². The van der Waals surface area contributed by atoms with Gasteiger partial charge in [0.1, 0.15) is 5.75 Å². The molecule has 0 aliphatic heterocycles. The van der Waals surface area contributed by atoms with Crippen molar-refractivity contribution in [3.8, 4) is 5.75 Å². The van der Waals surface area contributed by atoms with Gasteiger partial charge < -0.3 is 4.74 Å². The zero-order valence-electron chi connectivity index (χ0n) is 16.4. The lowest BCUT2D eigenvalue weighted by Crippen LogP contribution is -2.33. The van der Waals surface area contributed by atoms with Crippen LogP contribution in [-0.2, 0) is 10.8 Å². The number of hydrogen-bond donors (Lipinski definition) is 0. The van der Waals surface area contributed by atoms with Gasteiger partial charge in [-0.1, -0.05) is 74.4 Å². The van der Waals surface area contributed by atoms with Gasteiger partial charge in [0, 0.05) is 0 Å². The minimum absolute atomic E-state index is 0.0485. The second-order valence-corrected chi connectivity index (χ2v) is 11.3. The summed E-state index contributed by atoms with van der Waals surface area (Å²) in [6, 6.07) is 6.68. The van der Waals surface area contributed by atoms with Crippen LogP contribution in [-0.4, -0.2) is 20.4 Å². The topological polar surface area (TPSA) is 9.23 Å². The standard InChI is InChI=1S/C20H33O.Al.ClH/c1-14(18(2,3)4)21-17-12-11-15(19(5,6)7)13-16(17)20(8,9)10;;/h11-14H,1H2,2-10H3;;1H/q;+1;/p-1. The summed E-state index contributed by atoms with van der Waals surface area (Å²) in [5.74, 6) is 1.01. The molecule has 0 amide bonds. The van der Waals surface area contributed by atoms with Gasteiger partial charge in [-0.15, -0.1) is 0 Å². The van der Waals surface area contributed by atoms with Gasteiger partial charge in [-0.2, -0.15) is 0 Å². The van der Waals surface area contributed by atoms with E-state index in [2.05, 4.69) is 80.5 Å². The summed E-state index contributed by atoms with van der Waals surface area (Å²) in [5.41, 5.74) is 2.91. The van der Waals surface area contributed by atoms with Crippen molar-refractivity contribution in [2.24, 2.45) is 5.41 Å². The Morgan fingerprint density at radius 1 is 0.957 bits per heavy atom. The second-order valence-electron chi connectivity index (χ2n) is 9.57. The minimum Gasteiger partial charge on any atom is -0.491 e. The zero-order chi connectivity index (χ0) is 18.1. The van der Waals surface area contributed by atoms with Crippen molar-refractivity contribution in [1.82, 2.24) is 0 Å². The molecule has 0 aromatic heterocycles. The molecule has 0 aliphatic carbocycles. The molecule has 0 saturated carbocycles. The lowest BCUT2D eigenvalue weighted by Gasteiger charge is -2.34. The molecule has 0 saturated heterocycles. The van der Waals surface area contributed by atoms with Gasteiger partial charge in [0.2, 0.25) is 0 Å². The van der Waals surface area contributed by atoms with E-state index in [1.165, 1.54) is 11.1 Å². The largest absolute Gasteiger partial charge is 0.491 e. The van der Waals surface area contributed by atoms with Crippen molar-refractivity contribution in [3.05, 3.63) is 29.3 Å². The molecule has 1 unspecified atom stereocenters. The van der Waals surface area contributed by atoms with Crippen molar-refractivity contribution in [2.45, 2.75) is 84.5 Å². The lowest BCUT2D eigenvalue weighted by atomic mass is 9.80. The van der Waals surface area contributed by atoms with Crippen LogP contribution < -0.4 is 4.74 Å². The lowest BCUT2D eigenvalue weighted by molar-refractivity contribution is 0.102. The van der Waals surface area contributed by atoms with Gasteiger partial charge in [-0.3, -0.25) is 10.0 Å². The molecule has 23 heavy (non-hydrogen) atoms. The normalized spacial score (nSPS) is 14.5. The molecule has 0 bridgehead atoms. The highest BCUT2D eigenvalue weighted by Gasteiger charge is 2.29. The Morgan fingerprint density at radius 2 is 1.52 bits per heavy atom. The van der Waals surface area contributed by atoms with Crippen LogP contribution >= 0.6 is 10.0 Å². The van der Waals surface area contributed by atoms with E-state index in [-0.39, 0.29) is 36.6 Å². The molecular formula is C20H33AlClO. The van der Waals surface area contributed by atoms with E-state index in [1.54, 1.807) is 0 Å². The van der Waals surface area contributed by atoms with Crippen molar-refractivity contribution < 1.29 is 4.74 Å². The second kappa shape index (κ2) is 7.39. The number of benzene rings is 1. The van der Waals surface area contributed by atoms with Gasteiger partial charge >= 0.3 is 14.3 Å². The monoisotopic (exact) mass is 351 g/mol. The van der Waals surface area contributed by atoms with Crippen LogP contribution in [0.25, 0.3) is 0 Å². The highest BCUT2D eigenvalue weighted by atomic mass is 35.6. The SMILES string of the molecule is CC(C)(C)c1ccc(OC([CH2][Al][Cl])C(C)(C)C)c(C(C)(C)C)c1. The van der Waals surface area contributed by atoms with Crippen LogP contribution in [0, 0.1) is 5.41 Å². The molecule has 0 heterocycles. The molecule has 0 fully saturated rings. The van der Waals surface area contributed by atoms with Crippen LogP contribution in [0.1, 0.15) is 73.4 Å². The number of ether oxygens (including phenoxy) is 1. The maximum atomic E-state index is 6.48. The third-order valence-electron chi connectivity index (χ3n) is 4.19. The van der Waals surface area contributed by atoms with E-state index in [1.807, 2.05) is 0 Å². The Hall–Kier alpha value is -0.158. The fourth-order valence-corrected chi connectivity index (χ4v) is 3.95. The summed E-state index contributed by atoms with van der Waals surface area (Å²) in [6.45, 7) is 20.2. The Balaban J connectivity index is 3.30. The smallest absolute Gasteiger partial charge is 0.359 e. The molecule has 3 heteroatoms. The summed E-state index contributed by atoms with van der Waals surface area (Å²) < 4.78 is 6.48. The molecule has 1 aromatic carbocycles. The first-order valence-electron chi connectivity index (χ1n) is 8.50. The van der Waals surface area contributed by atoms with Crippen molar-refractivity contribution in [2.75, 3.05) is 0 Å². The predicted molar refractivity (Wildman–Crippen MR) is 104 cm³/mol. The third kappa shape index (κ3) is 6.01. The molecule has 0 N–H and O–H groups in total. The van der Waals surface area contributed by atoms with Crippen LogP contribution in [0.4, 0.5) is 0 Å². The van der Waals surface area contributed by atoms with Crippen molar-refractivity contribution >= 4 is 24.3 Å². The van der Waals surface area contributed by atoms with E-state index in [0.717, 1.165) is 11.0 Å². The number of halogens is 1. The van der Waals surface area contributed by atoms with E-state index in [0.29, 0.717) is 0 Å². The van der Waals surface area contributed by atoms with Crippen LogP contribution in [0.15, 0.2) is 18.2 Å². The van der Waals surface area contributed by atoms with Crippen molar-refractivity contribution in [3.63, 3.8) is 0 Å². The first kappa shape index (κ1) is 20.9. The first-order valence-corrected chi connectivity index (χ1v) is 11.1. The van der Waals surface area contributed by atoms with E-state index >= 15 is 0 Å². The summed E-state index contributed by atoms with van der Waals surface area (Å²) in [4.78, 5) is 0. The quantitative estimate of drug-likeness (QED) is 0.574. The Kier molecular flexibility index (Phi) is 6.71. The summed E-state index contributed by atoms with van der Waals surface area (Å²) in [7, 11) is 6.09. The molecule has 1 aromatic rings. The Bertz CT molecular complexity index is 518. The average molecular weight is 352 g/mol. The zero-order valence-corrected chi connectivity index (χ0v) is 18.3. The van der Waals surface area contributed by atoms with Gasteiger partial charge in [-0.25, -0.2) is 0 Å². The summed E-state index contributed by atoms with van der Waals surface area (Å²) in [5, 5.41) is 0.940. The summed E-state index contributed by atoms with van der Waals surface area (Å²) in [6.07, 6.45) is 0.150. The van der Waals surface area contributed by atoms with Crippen molar-refractivity contribution in [1.29, 1.82) is 0 Å². The molecule has 0 spiro atoms. The molecular weight excluding hydrogens is 319 g/mol. The minimum atomic E-state index is -0.0880. The molecule has 1 rings (SSSR count). The number of hydrogen-bond acceptors (Lipinski definition) is 1. The first-order chi connectivity index (χ1) is 10.3. The van der Waals surface area contributed by atoms with E-state index in [4.69, 9.17) is 14.8 Å². The fourth-order valence-electron chi connectivity index (χ4n) is 2.50. The molecule has 0 aliphatic rings. The van der Waals surface area contributed by atoms with E-state index < -0.39 is 0 Å². The molecule has 1 atom stereocenters. The highest BCUT2D eigenvalue weighted by molar-refractivity contribution is 6.93. The molecule has 1 nitrogen and oxygen atoms in total. The average Bonchev–Trinajstić information content (AvgIpc) is 2.34. The van der Waals surface area contributed by atoms with Gasteiger partial charge in [0.25, 0.3) is 0 Å². The Morgan fingerprint density at radius 3 is 1.91 bits per heavy atom. The van der Waals surface area contributed by atoms with Gasteiger partial charge in [0.15, 0.2) is 0 Å². The highest BCUT2D eigenvalue weighted by Crippen LogP contribution is 2.38. The maximum absolute atomic E-state index is 6.48.